The number of methoxy groups -OCH3 is 1. The standard InChI is InChI=1S/C21H25NO4/c1-14-5-7-15(8-6-14)25-13-20(23)22-18-12-21(2,3)26-19-11-16(24-4)9-10-17(18)19/h5-11,18H,12-13H2,1-4H3,(H,22,23). The fourth-order valence-electron chi connectivity index (χ4n) is 3.11. The average molecular weight is 355 g/mol. The number of hydrogen-bond donors (Lipinski definition) is 1. The second-order valence-corrected chi connectivity index (χ2v) is 7.19. The number of fused-ring (bicyclic) bond motifs is 1. The third-order valence-corrected chi connectivity index (χ3v) is 4.40. The summed E-state index contributed by atoms with van der Waals surface area (Å²) in [5, 5.41) is 3.07. The second-order valence-electron chi connectivity index (χ2n) is 7.19. The monoisotopic (exact) mass is 355 g/mol. The fourth-order valence-corrected chi connectivity index (χ4v) is 3.11. The minimum Gasteiger partial charge on any atom is -0.497 e. The van der Waals surface area contributed by atoms with Crippen LogP contribution in [0.3, 0.4) is 0 Å². The summed E-state index contributed by atoms with van der Waals surface area (Å²) in [6, 6.07) is 13.2. The van der Waals surface area contributed by atoms with E-state index in [1.165, 1.54) is 0 Å². The maximum Gasteiger partial charge on any atom is 0.258 e. The zero-order valence-electron chi connectivity index (χ0n) is 15.7. The average Bonchev–Trinajstić information content (AvgIpc) is 2.59. The van der Waals surface area contributed by atoms with E-state index in [-0.39, 0.29) is 24.2 Å². The summed E-state index contributed by atoms with van der Waals surface area (Å²) in [5.41, 5.74) is 1.72. The predicted octanol–water partition coefficient (Wildman–Crippen LogP) is 3.80. The normalized spacial score (nSPS) is 17.6. The summed E-state index contributed by atoms with van der Waals surface area (Å²) < 4.78 is 16.9. The van der Waals surface area contributed by atoms with Crippen molar-refractivity contribution < 1.29 is 19.0 Å². The number of ether oxygens (including phenoxy) is 3. The van der Waals surface area contributed by atoms with E-state index in [4.69, 9.17) is 14.2 Å². The topological polar surface area (TPSA) is 56.8 Å². The molecule has 5 nitrogen and oxygen atoms in total. The highest BCUT2D eigenvalue weighted by Crippen LogP contribution is 2.41. The van der Waals surface area contributed by atoms with Crippen LogP contribution < -0.4 is 19.5 Å². The van der Waals surface area contributed by atoms with E-state index >= 15 is 0 Å². The molecule has 0 spiro atoms. The van der Waals surface area contributed by atoms with Crippen LogP contribution in [0.25, 0.3) is 0 Å². The van der Waals surface area contributed by atoms with Crippen LogP contribution in [0, 0.1) is 6.92 Å². The molecule has 0 radical (unpaired) electrons. The number of rotatable bonds is 5. The SMILES string of the molecule is COc1ccc2c(c1)OC(C)(C)CC2NC(=O)COc1ccc(C)cc1. The molecule has 1 amide bonds. The van der Waals surface area contributed by atoms with Gasteiger partial charge in [-0.05, 0) is 45.0 Å². The Morgan fingerprint density at radius 2 is 1.88 bits per heavy atom. The Kier molecular flexibility index (Phi) is 5.07. The Morgan fingerprint density at radius 1 is 1.19 bits per heavy atom. The van der Waals surface area contributed by atoms with Gasteiger partial charge in [-0.1, -0.05) is 17.7 Å². The molecule has 0 fully saturated rings. The van der Waals surface area contributed by atoms with Crippen LogP contribution in [0.1, 0.15) is 37.4 Å². The Morgan fingerprint density at radius 3 is 2.58 bits per heavy atom. The van der Waals surface area contributed by atoms with Crippen molar-refractivity contribution in [1.82, 2.24) is 5.32 Å². The van der Waals surface area contributed by atoms with Gasteiger partial charge in [-0.25, -0.2) is 0 Å². The van der Waals surface area contributed by atoms with Crippen LogP contribution >= 0.6 is 0 Å². The smallest absolute Gasteiger partial charge is 0.258 e. The van der Waals surface area contributed by atoms with E-state index in [1.807, 2.05) is 63.2 Å². The minimum absolute atomic E-state index is 0.0215. The molecule has 1 unspecified atom stereocenters. The number of amides is 1. The highest BCUT2D eigenvalue weighted by atomic mass is 16.5. The molecule has 1 N–H and O–H groups in total. The van der Waals surface area contributed by atoms with Crippen molar-refractivity contribution >= 4 is 5.91 Å². The van der Waals surface area contributed by atoms with Gasteiger partial charge < -0.3 is 19.5 Å². The van der Waals surface area contributed by atoms with Gasteiger partial charge in [0.2, 0.25) is 0 Å². The van der Waals surface area contributed by atoms with E-state index in [0.29, 0.717) is 12.2 Å². The number of nitrogens with one attached hydrogen (secondary N) is 1. The molecule has 0 saturated carbocycles. The molecule has 138 valence electrons. The maximum absolute atomic E-state index is 12.4. The van der Waals surface area contributed by atoms with Gasteiger partial charge in [0, 0.05) is 18.1 Å². The number of carbonyl (C=O) groups excluding carboxylic acids is 1. The van der Waals surface area contributed by atoms with Crippen molar-refractivity contribution in [3.05, 3.63) is 53.6 Å². The fraction of sp³-hybridized carbons (Fsp3) is 0.381. The quantitative estimate of drug-likeness (QED) is 0.886. The van der Waals surface area contributed by atoms with Crippen molar-refractivity contribution in [3.63, 3.8) is 0 Å². The molecule has 1 aliphatic rings. The summed E-state index contributed by atoms with van der Waals surface area (Å²) in [4.78, 5) is 12.4. The van der Waals surface area contributed by atoms with Crippen LogP contribution in [-0.4, -0.2) is 25.2 Å². The van der Waals surface area contributed by atoms with Crippen LogP contribution in [0.4, 0.5) is 0 Å². The van der Waals surface area contributed by atoms with E-state index in [1.54, 1.807) is 7.11 Å². The predicted molar refractivity (Wildman–Crippen MR) is 99.9 cm³/mol. The molecular formula is C21H25NO4. The van der Waals surface area contributed by atoms with E-state index < -0.39 is 0 Å². The summed E-state index contributed by atoms with van der Waals surface area (Å²) in [6.45, 7) is 6.01. The third kappa shape index (κ3) is 4.28. The molecular weight excluding hydrogens is 330 g/mol. The third-order valence-electron chi connectivity index (χ3n) is 4.40. The van der Waals surface area contributed by atoms with Crippen molar-refractivity contribution in [2.75, 3.05) is 13.7 Å². The molecule has 0 aliphatic carbocycles. The van der Waals surface area contributed by atoms with Gasteiger partial charge in [-0.15, -0.1) is 0 Å². The lowest BCUT2D eigenvalue weighted by atomic mass is 9.89. The van der Waals surface area contributed by atoms with Gasteiger partial charge in [-0.2, -0.15) is 0 Å². The van der Waals surface area contributed by atoms with Gasteiger partial charge in [0.1, 0.15) is 22.8 Å². The number of benzene rings is 2. The lowest BCUT2D eigenvalue weighted by Crippen LogP contribution is -2.42. The van der Waals surface area contributed by atoms with Gasteiger partial charge in [0.15, 0.2) is 6.61 Å². The summed E-state index contributed by atoms with van der Waals surface area (Å²) in [5.74, 6) is 2.00. The van der Waals surface area contributed by atoms with E-state index in [9.17, 15) is 4.79 Å². The van der Waals surface area contributed by atoms with E-state index in [0.717, 1.165) is 22.6 Å². The van der Waals surface area contributed by atoms with Gasteiger partial charge >= 0.3 is 0 Å². The van der Waals surface area contributed by atoms with Gasteiger partial charge in [0.25, 0.3) is 5.91 Å². The molecule has 0 saturated heterocycles. The van der Waals surface area contributed by atoms with Crippen molar-refractivity contribution in [2.24, 2.45) is 0 Å². The molecule has 3 rings (SSSR count). The first kappa shape index (κ1) is 18.1. The first-order valence-corrected chi connectivity index (χ1v) is 8.72. The first-order chi connectivity index (χ1) is 12.4. The summed E-state index contributed by atoms with van der Waals surface area (Å²) in [6.07, 6.45) is 0.683. The zero-order chi connectivity index (χ0) is 18.7. The van der Waals surface area contributed by atoms with E-state index in [2.05, 4.69) is 5.32 Å². The molecule has 0 aromatic heterocycles. The molecule has 1 atom stereocenters. The Bertz CT molecular complexity index is 783. The summed E-state index contributed by atoms with van der Waals surface area (Å²) >= 11 is 0. The molecule has 2 aromatic carbocycles. The first-order valence-electron chi connectivity index (χ1n) is 8.72. The largest absolute Gasteiger partial charge is 0.497 e. The Labute approximate surface area is 154 Å². The molecule has 1 aliphatic heterocycles. The van der Waals surface area contributed by atoms with Crippen molar-refractivity contribution in [1.29, 1.82) is 0 Å². The Balaban J connectivity index is 1.68. The number of aryl methyl sites for hydroxylation is 1. The molecule has 26 heavy (non-hydrogen) atoms. The summed E-state index contributed by atoms with van der Waals surface area (Å²) in [7, 11) is 1.62. The number of carbonyl (C=O) groups is 1. The van der Waals surface area contributed by atoms with Crippen LogP contribution in [0.2, 0.25) is 0 Å². The van der Waals surface area contributed by atoms with Crippen molar-refractivity contribution in [2.45, 2.75) is 38.8 Å². The van der Waals surface area contributed by atoms with Gasteiger partial charge in [-0.3, -0.25) is 4.79 Å². The molecule has 1 heterocycles. The molecule has 5 heteroatoms. The van der Waals surface area contributed by atoms with Gasteiger partial charge in [0.05, 0.1) is 13.2 Å². The maximum atomic E-state index is 12.4. The van der Waals surface area contributed by atoms with Crippen LogP contribution in [0.15, 0.2) is 42.5 Å². The lowest BCUT2D eigenvalue weighted by Gasteiger charge is -2.38. The Hall–Kier alpha value is -2.69. The lowest BCUT2D eigenvalue weighted by molar-refractivity contribution is -0.124. The minimum atomic E-state index is -0.380. The second kappa shape index (κ2) is 7.28. The highest BCUT2D eigenvalue weighted by Gasteiger charge is 2.34. The molecule has 0 bridgehead atoms. The number of hydrogen-bond acceptors (Lipinski definition) is 4. The van der Waals surface area contributed by atoms with Crippen LogP contribution in [-0.2, 0) is 4.79 Å². The van der Waals surface area contributed by atoms with Crippen molar-refractivity contribution in [3.8, 4) is 17.2 Å². The molecule has 2 aromatic rings. The van der Waals surface area contributed by atoms with Crippen LogP contribution in [0.5, 0.6) is 17.2 Å². The zero-order valence-corrected chi connectivity index (χ0v) is 15.7. The highest BCUT2D eigenvalue weighted by molar-refractivity contribution is 5.78.